The summed E-state index contributed by atoms with van der Waals surface area (Å²) in [6, 6.07) is -0.566. The van der Waals surface area contributed by atoms with E-state index in [2.05, 4.69) is 59.0 Å². The Morgan fingerprint density at radius 3 is 2.52 bits per heavy atom. The molecule has 1 amide bonds. The fourth-order valence-corrected chi connectivity index (χ4v) is 6.77. The fraction of sp³-hybridized carbons (Fsp3) is 0.778. The molecular formula is C27H43NO3. The number of ether oxygens (including phenoxy) is 1. The average Bonchev–Trinajstić information content (AvgIpc) is 2.71. The van der Waals surface area contributed by atoms with E-state index in [9.17, 15) is 9.59 Å². The number of allylic oxidation sites excluding steroid dienone is 4. The Hall–Kier alpha value is -1.58. The van der Waals surface area contributed by atoms with Crippen LogP contribution in [0.2, 0.25) is 0 Å². The van der Waals surface area contributed by atoms with E-state index in [-0.39, 0.29) is 17.3 Å². The molecule has 4 heteroatoms. The van der Waals surface area contributed by atoms with Gasteiger partial charge in [0.25, 0.3) is 0 Å². The Kier molecular flexibility index (Phi) is 7.08. The maximum atomic E-state index is 13.7. The number of esters is 1. The molecule has 1 N–H and O–H groups in total. The molecule has 0 aromatic carbocycles. The molecule has 0 aromatic heterocycles. The highest BCUT2D eigenvalue weighted by atomic mass is 16.5. The van der Waals surface area contributed by atoms with Gasteiger partial charge in [-0.3, -0.25) is 4.79 Å². The summed E-state index contributed by atoms with van der Waals surface area (Å²) in [5, 5.41) is 3.11. The zero-order chi connectivity index (χ0) is 23.0. The first kappa shape index (κ1) is 24.1. The van der Waals surface area contributed by atoms with E-state index < -0.39 is 11.5 Å². The summed E-state index contributed by atoms with van der Waals surface area (Å²) in [6.45, 7) is 13.3. The summed E-state index contributed by atoms with van der Waals surface area (Å²) in [5.74, 6) is 1.44. The third-order valence-electron chi connectivity index (χ3n) is 8.60. The first-order valence-corrected chi connectivity index (χ1v) is 12.3. The summed E-state index contributed by atoms with van der Waals surface area (Å²) >= 11 is 0. The van der Waals surface area contributed by atoms with Crippen LogP contribution in [-0.2, 0) is 14.3 Å². The molecule has 0 radical (unpaired) electrons. The van der Waals surface area contributed by atoms with Crippen LogP contribution in [0.25, 0.3) is 0 Å². The van der Waals surface area contributed by atoms with Gasteiger partial charge in [-0.2, -0.15) is 0 Å². The molecule has 5 atom stereocenters. The number of rotatable bonds is 6. The van der Waals surface area contributed by atoms with Gasteiger partial charge in [-0.1, -0.05) is 65.7 Å². The monoisotopic (exact) mass is 429 g/mol. The molecule has 0 saturated heterocycles. The van der Waals surface area contributed by atoms with E-state index in [4.69, 9.17) is 4.74 Å². The number of methoxy groups -OCH3 is 1. The lowest BCUT2D eigenvalue weighted by molar-refractivity contribution is -0.152. The lowest BCUT2D eigenvalue weighted by Gasteiger charge is -2.57. The van der Waals surface area contributed by atoms with Crippen molar-refractivity contribution in [3.8, 4) is 0 Å². The number of fused-ring (bicyclic) bond motifs is 3. The highest BCUT2D eigenvalue weighted by molar-refractivity contribution is 5.88. The van der Waals surface area contributed by atoms with Crippen molar-refractivity contribution in [1.29, 1.82) is 0 Å². The minimum absolute atomic E-state index is 0.0329. The summed E-state index contributed by atoms with van der Waals surface area (Å²) < 4.78 is 4.99. The van der Waals surface area contributed by atoms with Gasteiger partial charge in [0, 0.05) is 0 Å². The Balaban J connectivity index is 1.87. The molecule has 3 aliphatic rings. The first-order chi connectivity index (χ1) is 14.5. The molecule has 4 nitrogen and oxygen atoms in total. The van der Waals surface area contributed by atoms with Crippen molar-refractivity contribution in [3.05, 3.63) is 23.3 Å². The molecule has 174 valence electrons. The zero-order valence-corrected chi connectivity index (χ0v) is 20.7. The van der Waals surface area contributed by atoms with Crippen LogP contribution in [0.1, 0.15) is 86.5 Å². The van der Waals surface area contributed by atoms with Gasteiger partial charge in [0.1, 0.15) is 6.04 Å². The topological polar surface area (TPSA) is 55.4 Å². The molecule has 0 aromatic rings. The third kappa shape index (κ3) is 4.50. The number of hydrogen-bond donors (Lipinski definition) is 1. The normalized spacial score (nSPS) is 33.7. The van der Waals surface area contributed by atoms with Gasteiger partial charge >= 0.3 is 5.97 Å². The lowest BCUT2D eigenvalue weighted by atomic mass is 9.46. The minimum Gasteiger partial charge on any atom is -0.467 e. The third-order valence-corrected chi connectivity index (χ3v) is 8.60. The van der Waals surface area contributed by atoms with Crippen LogP contribution in [0.15, 0.2) is 23.3 Å². The Labute approximate surface area is 189 Å². The molecule has 31 heavy (non-hydrogen) atoms. The standard InChI is InChI=1S/C27H43NO3/c1-17(2)15-22(24(29)31-7)28-25(30)27(6)14-8-13-26(5)21-11-9-19(18(3)4)16-20(21)10-12-23(26)27/h10,16-18,21-23H,8-9,11-15H2,1-7H3,(H,28,30)/t21-,22-,23+,26+,27+/m0/s1. The second kappa shape index (κ2) is 9.11. The Bertz CT molecular complexity index is 764. The van der Waals surface area contributed by atoms with Crippen LogP contribution in [-0.4, -0.2) is 25.0 Å². The molecule has 1 saturated carbocycles. The average molecular weight is 430 g/mol. The quantitative estimate of drug-likeness (QED) is 0.541. The van der Waals surface area contributed by atoms with Gasteiger partial charge in [0.2, 0.25) is 5.91 Å². The van der Waals surface area contributed by atoms with Crippen LogP contribution in [0.5, 0.6) is 0 Å². The number of carbonyl (C=O) groups is 2. The lowest BCUT2D eigenvalue weighted by Crippen LogP contribution is -2.57. The maximum absolute atomic E-state index is 13.7. The highest BCUT2D eigenvalue weighted by Crippen LogP contribution is 2.62. The van der Waals surface area contributed by atoms with E-state index in [1.54, 1.807) is 5.57 Å². The molecule has 1 fully saturated rings. The summed E-state index contributed by atoms with van der Waals surface area (Å²) in [4.78, 5) is 26.0. The fourth-order valence-electron chi connectivity index (χ4n) is 6.77. The molecule has 0 unspecified atom stereocenters. The predicted molar refractivity (Wildman–Crippen MR) is 125 cm³/mol. The van der Waals surface area contributed by atoms with Crippen LogP contribution >= 0.6 is 0 Å². The van der Waals surface area contributed by atoms with Crippen LogP contribution in [0.4, 0.5) is 0 Å². The van der Waals surface area contributed by atoms with Crippen molar-refractivity contribution in [2.45, 2.75) is 92.5 Å². The molecular weight excluding hydrogens is 386 g/mol. The van der Waals surface area contributed by atoms with Gasteiger partial charge in [-0.15, -0.1) is 0 Å². The van der Waals surface area contributed by atoms with Gasteiger partial charge in [-0.25, -0.2) is 4.79 Å². The molecule has 3 aliphatic carbocycles. The van der Waals surface area contributed by atoms with E-state index >= 15 is 0 Å². The molecule has 0 bridgehead atoms. The minimum atomic E-state index is -0.566. The molecule has 3 rings (SSSR count). The van der Waals surface area contributed by atoms with E-state index in [0.717, 1.165) is 19.3 Å². The number of hydrogen-bond acceptors (Lipinski definition) is 3. The van der Waals surface area contributed by atoms with Crippen LogP contribution < -0.4 is 5.32 Å². The zero-order valence-electron chi connectivity index (χ0n) is 20.7. The first-order valence-electron chi connectivity index (χ1n) is 12.3. The summed E-state index contributed by atoms with van der Waals surface area (Å²) in [6.07, 6.45) is 11.9. The van der Waals surface area contributed by atoms with Gasteiger partial charge < -0.3 is 10.1 Å². The van der Waals surface area contributed by atoms with Crippen molar-refractivity contribution in [2.24, 2.45) is 34.5 Å². The largest absolute Gasteiger partial charge is 0.467 e. The highest BCUT2D eigenvalue weighted by Gasteiger charge is 2.57. The number of nitrogens with one attached hydrogen (secondary N) is 1. The van der Waals surface area contributed by atoms with Crippen molar-refractivity contribution in [1.82, 2.24) is 5.32 Å². The second-order valence-corrected chi connectivity index (χ2v) is 11.4. The van der Waals surface area contributed by atoms with E-state index in [1.807, 2.05) is 0 Å². The Morgan fingerprint density at radius 2 is 1.90 bits per heavy atom. The Morgan fingerprint density at radius 1 is 1.19 bits per heavy atom. The van der Waals surface area contributed by atoms with Gasteiger partial charge in [-0.05, 0) is 73.2 Å². The van der Waals surface area contributed by atoms with Crippen LogP contribution in [0.3, 0.4) is 0 Å². The van der Waals surface area contributed by atoms with Crippen molar-refractivity contribution >= 4 is 11.9 Å². The van der Waals surface area contributed by atoms with Crippen LogP contribution in [0, 0.1) is 34.5 Å². The van der Waals surface area contributed by atoms with E-state index in [0.29, 0.717) is 30.1 Å². The molecule has 0 aliphatic heterocycles. The van der Waals surface area contributed by atoms with Crippen molar-refractivity contribution in [3.63, 3.8) is 0 Å². The van der Waals surface area contributed by atoms with E-state index in [1.165, 1.54) is 31.9 Å². The molecule has 0 spiro atoms. The van der Waals surface area contributed by atoms with Gasteiger partial charge in [0.05, 0.1) is 12.5 Å². The van der Waals surface area contributed by atoms with Gasteiger partial charge in [0.15, 0.2) is 0 Å². The predicted octanol–water partition coefficient (Wildman–Crippen LogP) is 5.83. The SMILES string of the molecule is COC(=O)[C@H](CC(C)C)NC(=O)[C@]1(C)CCC[C@@]2(C)[C@H]1CC=C1C=C(C(C)C)CC[C@@H]12. The summed E-state index contributed by atoms with van der Waals surface area (Å²) in [5.41, 5.74) is 2.74. The smallest absolute Gasteiger partial charge is 0.328 e. The van der Waals surface area contributed by atoms with Crippen molar-refractivity contribution < 1.29 is 14.3 Å². The second-order valence-electron chi connectivity index (χ2n) is 11.4. The number of carbonyl (C=O) groups excluding carboxylic acids is 2. The van der Waals surface area contributed by atoms with Crippen molar-refractivity contribution in [2.75, 3.05) is 7.11 Å². The number of amides is 1. The summed E-state index contributed by atoms with van der Waals surface area (Å²) in [7, 11) is 1.40. The molecule has 0 heterocycles. The maximum Gasteiger partial charge on any atom is 0.328 e.